The van der Waals surface area contributed by atoms with E-state index in [0.29, 0.717) is 6.42 Å². The van der Waals surface area contributed by atoms with E-state index in [4.69, 9.17) is 21.1 Å². The van der Waals surface area contributed by atoms with E-state index >= 15 is 0 Å². The Hall–Kier alpha value is -1.19. The quantitative estimate of drug-likeness (QED) is 0.704. The number of benzene rings is 2. The highest BCUT2D eigenvalue weighted by atomic mass is 79.9. The highest BCUT2D eigenvalue weighted by Crippen LogP contribution is 2.33. The Kier molecular flexibility index (Phi) is 5.32. The van der Waals surface area contributed by atoms with Gasteiger partial charge in [-0.2, -0.15) is 0 Å². The lowest BCUT2D eigenvalue weighted by Gasteiger charge is -2.14. The summed E-state index contributed by atoms with van der Waals surface area (Å²) in [6.07, 6.45) is 0.713. The molecule has 20 heavy (non-hydrogen) atoms. The van der Waals surface area contributed by atoms with Crippen LogP contribution in [-0.2, 0) is 6.42 Å². The largest absolute Gasteiger partial charge is 0.496 e. The van der Waals surface area contributed by atoms with Crippen molar-refractivity contribution in [1.82, 2.24) is 0 Å². The number of methoxy groups -OCH3 is 2. The minimum atomic E-state index is -0.117. The van der Waals surface area contributed by atoms with E-state index < -0.39 is 0 Å². The third-order valence-corrected chi connectivity index (χ3v) is 4.16. The van der Waals surface area contributed by atoms with Gasteiger partial charge in [0.25, 0.3) is 0 Å². The molecule has 0 radical (unpaired) electrons. The molecule has 1 atom stereocenters. The molecule has 0 aliphatic carbocycles. The summed E-state index contributed by atoms with van der Waals surface area (Å²) in [5, 5.41) is -0.117. The monoisotopic (exact) mass is 354 g/mol. The molecule has 2 aromatic carbocycles. The predicted octanol–water partition coefficient (Wildman–Crippen LogP) is 4.99. The summed E-state index contributed by atoms with van der Waals surface area (Å²) in [5.41, 5.74) is 2.15. The zero-order valence-electron chi connectivity index (χ0n) is 11.4. The SMILES string of the molecule is COc1ccc(C(Cl)Cc2ccccc2OC)cc1Br. The normalized spacial score (nSPS) is 12.0. The molecule has 4 heteroatoms. The van der Waals surface area contributed by atoms with E-state index in [1.807, 2.05) is 42.5 Å². The van der Waals surface area contributed by atoms with Crippen LogP contribution in [0.2, 0.25) is 0 Å². The summed E-state index contributed by atoms with van der Waals surface area (Å²) in [7, 11) is 3.32. The Morgan fingerprint density at radius 3 is 2.40 bits per heavy atom. The highest BCUT2D eigenvalue weighted by Gasteiger charge is 2.13. The van der Waals surface area contributed by atoms with Gasteiger partial charge in [-0.25, -0.2) is 0 Å². The van der Waals surface area contributed by atoms with Crippen molar-refractivity contribution in [1.29, 1.82) is 0 Å². The Morgan fingerprint density at radius 2 is 1.75 bits per heavy atom. The maximum absolute atomic E-state index is 6.52. The second kappa shape index (κ2) is 7.00. The average Bonchev–Trinajstić information content (AvgIpc) is 2.47. The van der Waals surface area contributed by atoms with Gasteiger partial charge in [0.15, 0.2) is 0 Å². The third kappa shape index (κ3) is 3.47. The first-order valence-corrected chi connectivity index (χ1v) is 7.48. The molecule has 2 nitrogen and oxygen atoms in total. The summed E-state index contributed by atoms with van der Waals surface area (Å²) in [6.45, 7) is 0. The van der Waals surface area contributed by atoms with Crippen molar-refractivity contribution in [3.05, 3.63) is 58.1 Å². The van der Waals surface area contributed by atoms with Crippen LogP contribution in [0.4, 0.5) is 0 Å². The third-order valence-electron chi connectivity index (χ3n) is 3.13. The van der Waals surface area contributed by atoms with Crippen LogP contribution >= 0.6 is 27.5 Å². The van der Waals surface area contributed by atoms with Crippen molar-refractivity contribution in [2.24, 2.45) is 0 Å². The molecule has 2 rings (SSSR count). The smallest absolute Gasteiger partial charge is 0.133 e. The molecule has 0 heterocycles. The lowest BCUT2D eigenvalue weighted by Crippen LogP contribution is -1.99. The van der Waals surface area contributed by atoms with Gasteiger partial charge in [0.05, 0.1) is 24.1 Å². The zero-order chi connectivity index (χ0) is 14.5. The average molecular weight is 356 g/mol. The lowest BCUT2D eigenvalue weighted by atomic mass is 10.0. The fraction of sp³-hybridized carbons (Fsp3) is 0.250. The maximum Gasteiger partial charge on any atom is 0.133 e. The Bertz CT molecular complexity index is 586. The predicted molar refractivity (Wildman–Crippen MR) is 86.0 cm³/mol. The molecule has 0 amide bonds. The van der Waals surface area contributed by atoms with E-state index in [1.165, 1.54) is 0 Å². The van der Waals surface area contributed by atoms with E-state index in [9.17, 15) is 0 Å². The van der Waals surface area contributed by atoms with Crippen molar-refractivity contribution in [3.63, 3.8) is 0 Å². The molecule has 0 aliphatic heterocycles. The number of alkyl halides is 1. The van der Waals surface area contributed by atoms with Crippen LogP contribution < -0.4 is 9.47 Å². The summed E-state index contributed by atoms with van der Waals surface area (Å²) in [4.78, 5) is 0. The van der Waals surface area contributed by atoms with Crippen molar-refractivity contribution in [2.75, 3.05) is 14.2 Å². The number of hydrogen-bond acceptors (Lipinski definition) is 2. The Balaban J connectivity index is 2.19. The van der Waals surface area contributed by atoms with Gasteiger partial charge in [0, 0.05) is 0 Å². The number of ether oxygens (including phenoxy) is 2. The maximum atomic E-state index is 6.52. The van der Waals surface area contributed by atoms with Gasteiger partial charge in [0.1, 0.15) is 11.5 Å². The molecular weight excluding hydrogens is 340 g/mol. The molecule has 0 bridgehead atoms. The second-order valence-corrected chi connectivity index (χ2v) is 5.76. The first-order valence-electron chi connectivity index (χ1n) is 6.25. The fourth-order valence-electron chi connectivity index (χ4n) is 2.06. The van der Waals surface area contributed by atoms with Crippen LogP contribution in [0.3, 0.4) is 0 Å². The Labute approximate surface area is 132 Å². The molecule has 0 aromatic heterocycles. The molecule has 0 N–H and O–H groups in total. The summed E-state index contributed by atoms with van der Waals surface area (Å²) < 4.78 is 11.5. The van der Waals surface area contributed by atoms with E-state index in [-0.39, 0.29) is 5.38 Å². The van der Waals surface area contributed by atoms with Crippen LogP contribution in [0, 0.1) is 0 Å². The van der Waals surface area contributed by atoms with Crippen LogP contribution in [0.25, 0.3) is 0 Å². The van der Waals surface area contributed by atoms with Gasteiger partial charge in [-0.15, -0.1) is 11.6 Å². The number of hydrogen-bond donors (Lipinski definition) is 0. The minimum absolute atomic E-state index is 0.117. The number of halogens is 2. The van der Waals surface area contributed by atoms with Gasteiger partial charge >= 0.3 is 0 Å². The standard InChI is InChI=1S/C16H16BrClO2/c1-19-15-6-4-3-5-12(15)10-14(18)11-7-8-16(20-2)13(17)9-11/h3-9,14H,10H2,1-2H3. The minimum Gasteiger partial charge on any atom is -0.496 e. The van der Waals surface area contributed by atoms with Gasteiger partial charge in [-0.1, -0.05) is 24.3 Å². The summed E-state index contributed by atoms with van der Waals surface area (Å²) in [6, 6.07) is 13.8. The molecule has 1 unspecified atom stereocenters. The first-order chi connectivity index (χ1) is 9.65. The van der Waals surface area contributed by atoms with Crippen molar-refractivity contribution < 1.29 is 9.47 Å². The van der Waals surface area contributed by atoms with Crippen molar-refractivity contribution >= 4 is 27.5 Å². The van der Waals surface area contributed by atoms with Gasteiger partial charge in [-0.3, -0.25) is 0 Å². The topological polar surface area (TPSA) is 18.5 Å². The molecule has 0 saturated heterocycles. The fourth-order valence-corrected chi connectivity index (χ4v) is 2.92. The molecule has 106 valence electrons. The van der Waals surface area contributed by atoms with Crippen LogP contribution in [-0.4, -0.2) is 14.2 Å². The summed E-state index contributed by atoms with van der Waals surface area (Å²) >= 11 is 10.0. The van der Waals surface area contributed by atoms with Gasteiger partial charge < -0.3 is 9.47 Å². The molecule has 0 saturated carbocycles. The van der Waals surface area contributed by atoms with Crippen LogP contribution in [0.15, 0.2) is 46.9 Å². The zero-order valence-corrected chi connectivity index (χ0v) is 13.7. The van der Waals surface area contributed by atoms with Crippen molar-refractivity contribution in [2.45, 2.75) is 11.8 Å². The number of rotatable bonds is 5. The molecule has 2 aromatic rings. The molecule has 0 spiro atoms. The first kappa shape index (κ1) is 15.2. The summed E-state index contributed by atoms with van der Waals surface area (Å²) in [5.74, 6) is 1.67. The van der Waals surface area contributed by atoms with Gasteiger partial charge in [0.2, 0.25) is 0 Å². The second-order valence-electron chi connectivity index (χ2n) is 4.38. The van der Waals surface area contributed by atoms with E-state index in [2.05, 4.69) is 15.9 Å². The van der Waals surface area contributed by atoms with Crippen molar-refractivity contribution in [3.8, 4) is 11.5 Å². The van der Waals surface area contributed by atoms with Gasteiger partial charge in [-0.05, 0) is 51.7 Å². The molecular formula is C16H16BrClO2. The van der Waals surface area contributed by atoms with Crippen LogP contribution in [0.1, 0.15) is 16.5 Å². The van der Waals surface area contributed by atoms with Crippen LogP contribution in [0.5, 0.6) is 11.5 Å². The van der Waals surface area contributed by atoms with E-state index in [1.54, 1.807) is 14.2 Å². The number of para-hydroxylation sites is 1. The Morgan fingerprint density at radius 1 is 1.05 bits per heavy atom. The highest BCUT2D eigenvalue weighted by molar-refractivity contribution is 9.10. The molecule has 0 aliphatic rings. The molecule has 0 fully saturated rings. The van der Waals surface area contributed by atoms with E-state index in [0.717, 1.165) is 27.1 Å². The lowest BCUT2D eigenvalue weighted by molar-refractivity contribution is 0.409.